The number of methoxy groups -OCH3 is 1. The maximum Gasteiger partial charge on any atom is 0.337 e. The van der Waals surface area contributed by atoms with Crippen LogP contribution in [0.2, 0.25) is 0 Å². The van der Waals surface area contributed by atoms with Crippen molar-refractivity contribution in [3.05, 3.63) is 59.2 Å². The molecule has 0 bridgehead atoms. The highest BCUT2D eigenvalue weighted by Crippen LogP contribution is 2.28. The molecular formula is C22H28N3O3+. The molecule has 1 saturated heterocycles. The van der Waals surface area contributed by atoms with Crippen LogP contribution in [0.5, 0.6) is 0 Å². The normalized spacial score (nSPS) is 14.6. The van der Waals surface area contributed by atoms with Gasteiger partial charge in [-0.15, -0.1) is 0 Å². The Bertz CT molecular complexity index is 841. The Morgan fingerprint density at radius 3 is 2.32 bits per heavy atom. The van der Waals surface area contributed by atoms with Crippen LogP contribution in [-0.2, 0) is 11.2 Å². The van der Waals surface area contributed by atoms with Crippen molar-refractivity contribution in [2.45, 2.75) is 13.3 Å². The second kappa shape index (κ2) is 8.89. The molecule has 1 amide bonds. The highest BCUT2D eigenvalue weighted by Gasteiger charge is 2.21. The van der Waals surface area contributed by atoms with E-state index in [0.29, 0.717) is 16.8 Å². The molecule has 3 rings (SSSR count). The van der Waals surface area contributed by atoms with Crippen LogP contribution in [0.4, 0.5) is 11.4 Å². The summed E-state index contributed by atoms with van der Waals surface area (Å²) in [6.07, 6.45) is 0.929. The Labute approximate surface area is 166 Å². The topological polar surface area (TPSA) is 63.1 Å². The van der Waals surface area contributed by atoms with Crippen LogP contribution in [0.15, 0.2) is 42.5 Å². The van der Waals surface area contributed by atoms with Crippen molar-refractivity contribution < 1.29 is 19.2 Å². The number of piperazine rings is 1. The molecule has 0 saturated carbocycles. The van der Waals surface area contributed by atoms with Gasteiger partial charge in [0.25, 0.3) is 5.91 Å². The highest BCUT2D eigenvalue weighted by molar-refractivity contribution is 6.06. The number of amides is 1. The van der Waals surface area contributed by atoms with E-state index >= 15 is 0 Å². The summed E-state index contributed by atoms with van der Waals surface area (Å²) in [5, 5.41) is 3.00. The zero-order valence-electron chi connectivity index (χ0n) is 16.7. The van der Waals surface area contributed by atoms with Crippen molar-refractivity contribution in [1.29, 1.82) is 0 Å². The second-order valence-electron chi connectivity index (χ2n) is 7.17. The number of rotatable bonds is 5. The fourth-order valence-corrected chi connectivity index (χ4v) is 3.37. The lowest BCUT2D eigenvalue weighted by molar-refractivity contribution is -0.880. The number of aryl methyl sites for hydroxylation is 1. The molecule has 6 nitrogen and oxygen atoms in total. The summed E-state index contributed by atoms with van der Waals surface area (Å²) < 4.78 is 4.84. The number of carbonyl (C=O) groups is 2. The third kappa shape index (κ3) is 4.51. The number of hydrogen-bond acceptors (Lipinski definition) is 4. The van der Waals surface area contributed by atoms with Crippen molar-refractivity contribution in [2.75, 3.05) is 50.6 Å². The standard InChI is InChI=1S/C22H27N3O3/c1-4-16-5-7-17(8-6-16)21(26)23-19-15-18(22(27)28-3)9-10-20(19)25-13-11-24(2)12-14-25/h5-10,15H,4,11-14H2,1-3H3,(H,23,26)/p+1. The van der Waals surface area contributed by atoms with Crippen molar-refractivity contribution >= 4 is 23.3 Å². The summed E-state index contributed by atoms with van der Waals surface area (Å²) in [5.41, 5.74) is 3.76. The molecule has 1 aliphatic rings. The smallest absolute Gasteiger partial charge is 0.337 e. The molecule has 0 aliphatic carbocycles. The van der Waals surface area contributed by atoms with Gasteiger partial charge in [-0.2, -0.15) is 0 Å². The van der Waals surface area contributed by atoms with Gasteiger partial charge in [0.15, 0.2) is 0 Å². The van der Waals surface area contributed by atoms with Crippen LogP contribution < -0.4 is 15.1 Å². The molecule has 2 N–H and O–H groups in total. The van der Waals surface area contributed by atoms with Crippen molar-refractivity contribution in [2.24, 2.45) is 0 Å². The summed E-state index contributed by atoms with van der Waals surface area (Å²) >= 11 is 0. The minimum absolute atomic E-state index is 0.189. The third-order valence-corrected chi connectivity index (χ3v) is 5.25. The molecule has 2 aromatic rings. The number of esters is 1. The quantitative estimate of drug-likeness (QED) is 0.772. The van der Waals surface area contributed by atoms with Crippen molar-refractivity contribution in [3.8, 4) is 0 Å². The predicted octanol–water partition coefficient (Wildman–Crippen LogP) is 1.62. The number of likely N-dealkylation sites (N-methyl/N-ethyl adjacent to an activating group) is 1. The van der Waals surface area contributed by atoms with E-state index in [1.807, 2.05) is 30.3 Å². The van der Waals surface area contributed by atoms with Gasteiger partial charge in [-0.05, 0) is 42.3 Å². The van der Waals surface area contributed by atoms with Gasteiger partial charge in [-0.1, -0.05) is 19.1 Å². The van der Waals surface area contributed by atoms with E-state index in [1.165, 1.54) is 17.6 Å². The van der Waals surface area contributed by atoms with Gasteiger partial charge in [0.2, 0.25) is 0 Å². The van der Waals surface area contributed by atoms with Gasteiger partial charge in [0, 0.05) is 5.56 Å². The van der Waals surface area contributed by atoms with Gasteiger partial charge in [-0.25, -0.2) is 4.79 Å². The number of anilines is 2. The van der Waals surface area contributed by atoms with Gasteiger partial charge >= 0.3 is 5.97 Å². The number of hydrogen-bond donors (Lipinski definition) is 2. The van der Waals surface area contributed by atoms with Crippen LogP contribution >= 0.6 is 0 Å². The zero-order chi connectivity index (χ0) is 20.1. The average Bonchev–Trinajstić information content (AvgIpc) is 2.74. The maximum atomic E-state index is 12.8. The van der Waals surface area contributed by atoms with Gasteiger partial charge in [0.05, 0.1) is 57.3 Å². The minimum Gasteiger partial charge on any atom is -0.465 e. The molecule has 6 heteroatoms. The molecule has 148 valence electrons. The number of quaternary nitrogens is 1. The molecule has 2 aromatic carbocycles. The Kier molecular flexibility index (Phi) is 6.31. The highest BCUT2D eigenvalue weighted by atomic mass is 16.5. The van der Waals surface area contributed by atoms with E-state index < -0.39 is 5.97 Å². The fourth-order valence-electron chi connectivity index (χ4n) is 3.37. The predicted molar refractivity (Wildman–Crippen MR) is 110 cm³/mol. The molecule has 0 aromatic heterocycles. The number of carbonyl (C=O) groups excluding carboxylic acids is 2. The molecule has 1 aliphatic heterocycles. The first-order valence-corrected chi connectivity index (χ1v) is 9.70. The first-order chi connectivity index (χ1) is 13.5. The average molecular weight is 382 g/mol. The Morgan fingerprint density at radius 1 is 1.07 bits per heavy atom. The van der Waals surface area contributed by atoms with E-state index in [0.717, 1.165) is 38.3 Å². The van der Waals surface area contributed by atoms with E-state index in [1.54, 1.807) is 12.1 Å². The Balaban J connectivity index is 1.88. The molecule has 0 spiro atoms. The van der Waals surface area contributed by atoms with Crippen LogP contribution in [-0.4, -0.2) is 52.2 Å². The summed E-state index contributed by atoms with van der Waals surface area (Å²) in [6.45, 7) is 5.95. The van der Waals surface area contributed by atoms with Crippen molar-refractivity contribution in [1.82, 2.24) is 0 Å². The number of nitrogens with one attached hydrogen (secondary N) is 2. The van der Waals surface area contributed by atoms with E-state index in [4.69, 9.17) is 4.74 Å². The molecule has 0 radical (unpaired) electrons. The second-order valence-corrected chi connectivity index (χ2v) is 7.17. The van der Waals surface area contributed by atoms with Gasteiger partial charge < -0.3 is 19.9 Å². The molecule has 1 heterocycles. The van der Waals surface area contributed by atoms with E-state index in [2.05, 4.69) is 24.2 Å². The molecular weight excluding hydrogens is 354 g/mol. The van der Waals surface area contributed by atoms with E-state index in [-0.39, 0.29) is 5.91 Å². The first-order valence-electron chi connectivity index (χ1n) is 9.70. The molecule has 0 unspecified atom stereocenters. The molecule has 28 heavy (non-hydrogen) atoms. The lowest BCUT2D eigenvalue weighted by atomic mass is 10.1. The largest absolute Gasteiger partial charge is 0.465 e. The van der Waals surface area contributed by atoms with Crippen LogP contribution in [0.1, 0.15) is 33.2 Å². The summed E-state index contributed by atoms with van der Waals surface area (Å²) in [5.74, 6) is -0.608. The van der Waals surface area contributed by atoms with Gasteiger partial charge in [-0.3, -0.25) is 4.79 Å². The monoisotopic (exact) mass is 382 g/mol. The maximum absolute atomic E-state index is 12.8. The minimum atomic E-state index is -0.419. The molecule has 1 fully saturated rings. The number of nitrogens with zero attached hydrogens (tertiary/aromatic N) is 1. The lowest BCUT2D eigenvalue weighted by Crippen LogP contribution is -3.12. The third-order valence-electron chi connectivity index (χ3n) is 5.25. The fraction of sp³-hybridized carbons (Fsp3) is 0.364. The number of ether oxygens (including phenoxy) is 1. The molecule has 0 atom stereocenters. The summed E-state index contributed by atoms with van der Waals surface area (Å²) in [4.78, 5) is 28.5. The summed E-state index contributed by atoms with van der Waals surface area (Å²) in [6, 6.07) is 12.9. The van der Waals surface area contributed by atoms with Crippen LogP contribution in [0, 0.1) is 0 Å². The van der Waals surface area contributed by atoms with Gasteiger partial charge in [0.1, 0.15) is 0 Å². The van der Waals surface area contributed by atoms with Crippen LogP contribution in [0.25, 0.3) is 0 Å². The Hall–Kier alpha value is -2.86. The lowest BCUT2D eigenvalue weighted by Gasteiger charge is -2.33. The van der Waals surface area contributed by atoms with Crippen LogP contribution in [0.3, 0.4) is 0 Å². The Morgan fingerprint density at radius 2 is 1.71 bits per heavy atom. The van der Waals surface area contributed by atoms with E-state index in [9.17, 15) is 9.59 Å². The zero-order valence-corrected chi connectivity index (χ0v) is 16.7. The van der Waals surface area contributed by atoms with Crippen molar-refractivity contribution in [3.63, 3.8) is 0 Å². The first kappa shape index (κ1) is 19.9. The SMILES string of the molecule is CCc1ccc(C(=O)Nc2cc(C(=O)OC)ccc2N2CC[NH+](C)CC2)cc1. The summed E-state index contributed by atoms with van der Waals surface area (Å²) in [7, 11) is 3.54. The number of benzene rings is 2.